The Bertz CT molecular complexity index is 520. The first-order chi connectivity index (χ1) is 9.15. The maximum absolute atomic E-state index is 11.1. The van der Waals surface area contributed by atoms with Gasteiger partial charge in [0.05, 0.1) is 12.9 Å². The highest BCUT2D eigenvalue weighted by Gasteiger charge is 2.06. The Balaban J connectivity index is 1.83. The van der Waals surface area contributed by atoms with E-state index in [1.807, 2.05) is 0 Å². The molecule has 0 bridgehead atoms. The Morgan fingerprint density at radius 2 is 2.16 bits per heavy atom. The highest BCUT2D eigenvalue weighted by Crippen LogP contribution is 2.13. The molecule has 2 rings (SSSR count). The lowest BCUT2D eigenvalue weighted by atomic mass is 10.1. The average molecular weight is 260 g/mol. The number of aliphatic hydroxyl groups excluding tert-OH is 1. The number of rotatable bonds is 6. The van der Waals surface area contributed by atoms with Gasteiger partial charge in [0.25, 0.3) is 0 Å². The van der Waals surface area contributed by atoms with Crippen molar-refractivity contribution in [2.75, 3.05) is 6.61 Å². The second-order valence-electron chi connectivity index (χ2n) is 4.30. The Morgan fingerprint density at radius 1 is 1.42 bits per heavy atom. The first kappa shape index (κ1) is 13.3. The molecule has 0 unspecified atom stereocenters. The fourth-order valence-corrected chi connectivity index (χ4v) is 1.67. The number of ketones is 1. The lowest BCUT2D eigenvalue weighted by Crippen LogP contribution is -2.22. The highest BCUT2D eigenvalue weighted by molar-refractivity contribution is 5.94. The largest absolute Gasteiger partial charge is 0.491 e. The molecule has 0 amide bonds. The van der Waals surface area contributed by atoms with Crippen LogP contribution in [0, 0.1) is 0 Å². The van der Waals surface area contributed by atoms with Crippen LogP contribution in [0.2, 0.25) is 0 Å². The molecular weight excluding hydrogens is 244 g/mol. The van der Waals surface area contributed by atoms with Crippen molar-refractivity contribution in [1.82, 2.24) is 9.55 Å². The number of aliphatic hydroxyl groups is 1. The van der Waals surface area contributed by atoms with Gasteiger partial charge in [-0.15, -0.1) is 0 Å². The summed E-state index contributed by atoms with van der Waals surface area (Å²) in [7, 11) is 0. The summed E-state index contributed by atoms with van der Waals surface area (Å²) in [6.07, 6.45) is 4.48. The maximum atomic E-state index is 11.1. The Morgan fingerprint density at radius 3 is 2.74 bits per heavy atom. The van der Waals surface area contributed by atoms with Crippen molar-refractivity contribution in [2.45, 2.75) is 19.6 Å². The fourth-order valence-electron chi connectivity index (χ4n) is 1.67. The van der Waals surface area contributed by atoms with E-state index in [0.29, 0.717) is 17.9 Å². The highest BCUT2D eigenvalue weighted by atomic mass is 16.5. The van der Waals surface area contributed by atoms with Crippen molar-refractivity contribution in [2.24, 2.45) is 0 Å². The van der Waals surface area contributed by atoms with Crippen LogP contribution in [0.3, 0.4) is 0 Å². The molecule has 0 spiro atoms. The van der Waals surface area contributed by atoms with Crippen molar-refractivity contribution in [3.63, 3.8) is 0 Å². The van der Waals surface area contributed by atoms with Gasteiger partial charge in [-0.25, -0.2) is 4.98 Å². The van der Waals surface area contributed by atoms with Crippen LogP contribution in [0.5, 0.6) is 5.75 Å². The maximum Gasteiger partial charge on any atom is 0.159 e. The molecule has 19 heavy (non-hydrogen) atoms. The number of hydrogen-bond acceptors (Lipinski definition) is 4. The first-order valence-electron chi connectivity index (χ1n) is 6.03. The molecule has 0 aliphatic rings. The second kappa shape index (κ2) is 6.15. The molecule has 100 valence electrons. The fraction of sp³-hybridized carbons (Fsp3) is 0.286. The van der Waals surface area contributed by atoms with E-state index in [2.05, 4.69) is 4.98 Å². The zero-order valence-corrected chi connectivity index (χ0v) is 10.7. The molecule has 0 fully saturated rings. The number of imidazole rings is 1. The van der Waals surface area contributed by atoms with Gasteiger partial charge in [0.2, 0.25) is 0 Å². The molecule has 1 N–H and O–H groups in total. The van der Waals surface area contributed by atoms with Gasteiger partial charge in [-0.1, -0.05) is 0 Å². The zero-order chi connectivity index (χ0) is 13.7. The molecular formula is C14H16N2O3. The molecule has 5 nitrogen and oxygen atoms in total. The number of nitrogens with zero attached hydrogens (tertiary/aromatic N) is 2. The van der Waals surface area contributed by atoms with Crippen LogP contribution in [-0.2, 0) is 6.54 Å². The topological polar surface area (TPSA) is 64.3 Å². The third-order valence-corrected chi connectivity index (χ3v) is 2.68. The summed E-state index contributed by atoms with van der Waals surface area (Å²) in [5.74, 6) is 0.654. The second-order valence-corrected chi connectivity index (χ2v) is 4.30. The van der Waals surface area contributed by atoms with Crippen LogP contribution in [-0.4, -0.2) is 33.2 Å². The van der Waals surface area contributed by atoms with Crippen molar-refractivity contribution in [3.8, 4) is 5.75 Å². The van der Waals surface area contributed by atoms with Gasteiger partial charge in [-0.05, 0) is 31.2 Å². The lowest BCUT2D eigenvalue weighted by Gasteiger charge is -2.13. The van der Waals surface area contributed by atoms with Crippen molar-refractivity contribution in [3.05, 3.63) is 48.5 Å². The zero-order valence-electron chi connectivity index (χ0n) is 10.7. The van der Waals surface area contributed by atoms with Crippen LogP contribution in [0.25, 0.3) is 0 Å². The summed E-state index contributed by atoms with van der Waals surface area (Å²) in [5.41, 5.74) is 0.645. The molecule has 0 radical (unpaired) electrons. The van der Waals surface area contributed by atoms with Crippen molar-refractivity contribution >= 4 is 5.78 Å². The predicted octanol–water partition coefficient (Wildman–Crippen LogP) is 1.53. The molecule has 1 aromatic carbocycles. The molecule has 0 aliphatic carbocycles. The van der Waals surface area contributed by atoms with Crippen molar-refractivity contribution < 1.29 is 14.6 Å². The molecule has 0 saturated carbocycles. The lowest BCUT2D eigenvalue weighted by molar-refractivity contribution is 0.0923. The van der Waals surface area contributed by atoms with Gasteiger partial charge in [0.15, 0.2) is 5.78 Å². The molecule has 1 aromatic heterocycles. The third-order valence-electron chi connectivity index (χ3n) is 2.68. The minimum Gasteiger partial charge on any atom is -0.491 e. The number of carbonyl (C=O) groups excluding carboxylic acids is 1. The summed E-state index contributed by atoms with van der Waals surface area (Å²) in [4.78, 5) is 15.0. The molecule has 0 saturated heterocycles. The van der Waals surface area contributed by atoms with Gasteiger partial charge >= 0.3 is 0 Å². The minimum absolute atomic E-state index is 0.0201. The minimum atomic E-state index is -0.610. The number of hydrogen-bond donors (Lipinski definition) is 1. The smallest absolute Gasteiger partial charge is 0.159 e. The summed E-state index contributed by atoms with van der Waals surface area (Å²) >= 11 is 0. The van der Waals surface area contributed by atoms with Crippen LogP contribution < -0.4 is 4.74 Å². The van der Waals surface area contributed by atoms with E-state index in [1.54, 1.807) is 47.6 Å². The number of Topliss-reactive ketones (excluding diaryl/α,β-unsaturated/α-hetero) is 1. The van der Waals surface area contributed by atoms with E-state index in [-0.39, 0.29) is 12.4 Å². The van der Waals surface area contributed by atoms with Crippen LogP contribution in [0.15, 0.2) is 43.0 Å². The van der Waals surface area contributed by atoms with Crippen LogP contribution in [0.4, 0.5) is 0 Å². The molecule has 5 heteroatoms. The number of carbonyl (C=O) groups is 1. The molecule has 1 atom stereocenters. The molecule has 1 heterocycles. The Labute approximate surface area is 111 Å². The monoisotopic (exact) mass is 260 g/mol. The number of aromatic nitrogens is 2. The summed E-state index contributed by atoms with van der Waals surface area (Å²) < 4.78 is 7.24. The van der Waals surface area contributed by atoms with Crippen LogP contribution in [0.1, 0.15) is 17.3 Å². The van der Waals surface area contributed by atoms with Gasteiger partial charge < -0.3 is 14.4 Å². The van der Waals surface area contributed by atoms with Gasteiger partial charge in [0, 0.05) is 18.0 Å². The molecule has 2 aromatic rings. The average Bonchev–Trinajstić information content (AvgIpc) is 2.89. The first-order valence-corrected chi connectivity index (χ1v) is 6.03. The summed E-state index contributed by atoms with van der Waals surface area (Å²) in [6.45, 7) is 2.15. The molecule has 0 aliphatic heterocycles. The SMILES string of the molecule is CC(=O)c1ccc(OC[C@H](O)Cn2ccnc2)cc1. The Hall–Kier alpha value is -2.14. The normalized spacial score (nSPS) is 12.1. The number of benzene rings is 1. The van der Waals surface area contributed by atoms with Gasteiger partial charge in [-0.3, -0.25) is 4.79 Å². The van der Waals surface area contributed by atoms with E-state index < -0.39 is 6.10 Å². The standard InChI is InChI=1S/C14H16N2O3/c1-11(17)12-2-4-14(5-3-12)19-9-13(18)8-16-7-6-15-10-16/h2-7,10,13,18H,8-9H2,1H3/t13-/m1/s1. The quantitative estimate of drug-likeness (QED) is 0.800. The van der Waals surface area contributed by atoms with E-state index in [0.717, 1.165) is 0 Å². The van der Waals surface area contributed by atoms with E-state index in [1.165, 1.54) is 6.92 Å². The Kier molecular flexibility index (Phi) is 4.30. The van der Waals surface area contributed by atoms with Crippen LogP contribution >= 0.6 is 0 Å². The van der Waals surface area contributed by atoms with Gasteiger partial charge in [-0.2, -0.15) is 0 Å². The van der Waals surface area contributed by atoms with E-state index >= 15 is 0 Å². The summed E-state index contributed by atoms with van der Waals surface area (Å²) in [5, 5.41) is 9.80. The number of ether oxygens (including phenoxy) is 1. The van der Waals surface area contributed by atoms with Crippen molar-refractivity contribution in [1.29, 1.82) is 0 Å². The third kappa shape index (κ3) is 3.93. The van der Waals surface area contributed by atoms with E-state index in [9.17, 15) is 9.90 Å². The predicted molar refractivity (Wildman–Crippen MR) is 70.2 cm³/mol. The van der Waals surface area contributed by atoms with Gasteiger partial charge in [0.1, 0.15) is 18.5 Å². The van der Waals surface area contributed by atoms with E-state index in [4.69, 9.17) is 4.74 Å². The summed E-state index contributed by atoms with van der Waals surface area (Å²) in [6, 6.07) is 6.86.